The van der Waals surface area contributed by atoms with E-state index in [9.17, 15) is 5.11 Å². The standard InChI is InChI=1S/C16H28N4O/c1-14-15(11-18(2)17-14)12-19-9-5-16(21,6-10-19)13-20-7-3-4-8-20/h11,21H,3-10,12-13H2,1-2H3. The Morgan fingerprint density at radius 3 is 2.38 bits per heavy atom. The Balaban J connectivity index is 1.51. The lowest BCUT2D eigenvalue weighted by molar-refractivity contribution is -0.0430. The van der Waals surface area contributed by atoms with Crippen molar-refractivity contribution in [3.63, 3.8) is 0 Å². The lowest BCUT2D eigenvalue weighted by Gasteiger charge is -2.40. The minimum absolute atomic E-state index is 0.467. The SMILES string of the molecule is Cc1nn(C)cc1CN1CCC(O)(CN2CCCC2)CC1. The monoisotopic (exact) mass is 292 g/mol. The molecule has 0 aliphatic carbocycles. The molecule has 2 saturated heterocycles. The summed E-state index contributed by atoms with van der Waals surface area (Å²) in [5, 5.41) is 15.2. The minimum atomic E-state index is -0.467. The number of likely N-dealkylation sites (tertiary alicyclic amines) is 2. The zero-order valence-electron chi connectivity index (χ0n) is 13.4. The van der Waals surface area contributed by atoms with Gasteiger partial charge in [-0.15, -0.1) is 0 Å². The average molecular weight is 292 g/mol. The third-order valence-corrected chi connectivity index (χ3v) is 5.01. The molecule has 2 fully saturated rings. The maximum absolute atomic E-state index is 10.8. The van der Waals surface area contributed by atoms with Crippen molar-refractivity contribution in [2.45, 2.75) is 44.8 Å². The van der Waals surface area contributed by atoms with Crippen molar-refractivity contribution < 1.29 is 5.11 Å². The first-order chi connectivity index (χ1) is 10.0. The third-order valence-electron chi connectivity index (χ3n) is 5.01. The molecule has 2 aliphatic heterocycles. The van der Waals surface area contributed by atoms with Crippen molar-refractivity contribution in [2.24, 2.45) is 7.05 Å². The fraction of sp³-hybridized carbons (Fsp3) is 0.812. The van der Waals surface area contributed by atoms with Gasteiger partial charge in [-0.1, -0.05) is 0 Å². The summed E-state index contributed by atoms with van der Waals surface area (Å²) in [6.45, 7) is 8.20. The molecule has 3 heterocycles. The Kier molecular flexibility index (Phi) is 4.33. The molecule has 1 aromatic rings. The summed E-state index contributed by atoms with van der Waals surface area (Å²) >= 11 is 0. The summed E-state index contributed by atoms with van der Waals surface area (Å²) < 4.78 is 1.89. The van der Waals surface area contributed by atoms with Gasteiger partial charge < -0.3 is 10.0 Å². The van der Waals surface area contributed by atoms with Gasteiger partial charge in [-0.25, -0.2) is 0 Å². The van der Waals surface area contributed by atoms with Gasteiger partial charge in [-0.3, -0.25) is 9.58 Å². The van der Waals surface area contributed by atoms with Crippen LogP contribution in [-0.2, 0) is 13.6 Å². The number of hydrogen-bond donors (Lipinski definition) is 1. The van der Waals surface area contributed by atoms with Crippen LogP contribution in [0.2, 0.25) is 0 Å². The third kappa shape index (κ3) is 3.65. The highest BCUT2D eigenvalue weighted by atomic mass is 16.3. The van der Waals surface area contributed by atoms with Gasteiger partial charge in [0, 0.05) is 45.0 Å². The Morgan fingerprint density at radius 2 is 1.81 bits per heavy atom. The molecule has 5 nitrogen and oxygen atoms in total. The molecule has 1 N–H and O–H groups in total. The molecule has 5 heteroatoms. The van der Waals surface area contributed by atoms with Crippen molar-refractivity contribution in [2.75, 3.05) is 32.7 Å². The molecule has 0 unspecified atom stereocenters. The highest BCUT2D eigenvalue weighted by Crippen LogP contribution is 2.26. The van der Waals surface area contributed by atoms with Crippen molar-refractivity contribution in [1.82, 2.24) is 19.6 Å². The molecule has 1 aromatic heterocycles. The van der Waals surface area contributed by atoms with Gasteiger partial charge in [0.05, 0.1) is 11.3 Å². The molecule has 0 aromatic carbocycles. The van der Waals surface area contributed by atoms with Gasteiger partial charge in [0.2, 0.25) is 0 Å². The number of aromatic nitrogens is 2. The van der Waals surface area contributed by atoms with E-state index in [1.54, 1.807) is 0 Å². The average Bonchev–Trinajstić information content (AvgIpc) is 3.03. The van der Waals surface area contributed by atoms with E-state index < -0.39 is 5.60 Å². The predicted molar refractivity (Wildman–Crippen MR) is 83.1 cm³/mol. The van der Waals surface area contributed by atoms with Crippen LogP contribution in [0, 0.1) is 6.92 Å². The summed E-state index contributed by atoms with van der Waals surface area (Å²) in [6.07, 6.45) is 6.48. The van der Waals surface area contributed by atoms with Crippen LogP contribution in [0.15, 0.2) is 6.20 Å². The van der Waals surface area contributed by atoms with Crippen LogP contribution in [-0.4, -0.2) is 63.0 Å². The minimum Gasteiger partial charge on any atom is -0.388 e. The lowest BCUT2D eigenvalue weighted by atomic mass is 9.90. The van der Waals surface area contributed by atoms with Crippen LogP contribution in [0.1, 0.15) is 36.9 Å². The van der Waals surface area contributed by atoms with E-state index in [-0.39, 0.29) is 0 Å². The smallest absolute Gasteiger partial charge is 0.0798 e. The summed E-state index contributed by atoms with van der Waals surface area (Å²) in [5.74, 6) is 0. The Bertz CT molecular complexity index is 471. The molecular weight excluding hydrogens is 264 g/mol. The zero-order chi connectivity index (χ0) is 14.9. The maximum Gasteiger partial charge on any atom is 0.0798 e. The van der Waals surface area contributed by atoms with E-state index in [4.69, 9.17) is 0 Å². The van der Waals surface area contributed by atoms with E-state index in [1.807, 2.05) is 11.7 Å². The summed E-state index contributed by atoms with van der Waals surface area (Å²) in [5.41, 5.74) is 1.96. The van der Waals surface area contributed by atoms with Crippen LogP contribution >= 0.6 is 0 Å². The molecule has 21 heavy (non-hydrogen) atoms. The second kappa shape index (κ2) is 6.07. The molecule has 0 bridgehead atoms. The largest absolute Gasteiger partial charge is 0.388 e. The van der Waals surface area contributed by atoms with Gasteiger partial charge in [0.25, 0.3) is 0 Å². The van der Waals surface area contributed by atoms with E-state index in [0.29, 0.717) is 0 Å². The van der Waals surface area contributed by atoms with Crippen LogP contribution in [0.3, 0.4) is 0 Å². The molecule has 0 saturated carbocycles. The Labute approximate surface area is 127 Å². The van der Waals surface area contributed by atoms with E-state index in [0.717, 1.165) is 44.7 Å². The van der Waals surface area contributed by atoms with E-state index in [2.05, 4.69) is 28.0 Å². The number of rotatable bonds is 4. The molecular formula is C16H28N4O. The molecule has 0 atom stereocenters. The van der Waals surface area contributed by atoms with Crippen molar-refractivity contribution in [3.8, 4) is 0 Å². The van der Waals surface area contributed by atoms with Crippen LogP contribution < -0.4 is 0 Å². The summed E-state index contributed by atoms with van der Waals surface area (Å²) in [6, 6.07) is 0. The topological polar surface area (TPSA) is 44.5 Å². The summed E-state index contributed by atoms with van der Waals surface area (Å²) in [4.78, 5) is 4.88. The quantitative estimate of drug-likeness (QED) is 0.904. The number of piperidine rings is 1. The highest BCUT2D eigenvalue weighted by Gasteiger charge is 2.34. The van der Waals surface area contributed by atoms with Crippen molar-refractivity contribution >= 4 is 0 Å². The van der Waals surface area contributed by atoms with E-state index >= 15 is 0 Å². The van der Waals surface area contributed by atoms with Gasteiger partial charge in [-0.05, 0) is 45.7 Å². The molecule has 0 spiro atoms. The highest BCUT2D eigenvalue weighted by molar-refractivity contribution is 5.15. The van der Waals surface area contributed by atoms with Crippen molar-refractivity contribution in [3.05, 3.63) is 17.5 Å². The first-order valence-corrected chi connectivity index (χ1v) is 8.20. The van der Waals surface area contributed by atoms with E-state index in [1.165, 1.54) is 31.5 Å². The molecule has 2 aliphatic rings. The second-order valence-electron chi connectivity index (χ2n) is 6.90. The number of hydrogen-bond acceptors (Lipinski definition) is 4. The molecule has 0 radical (unpaired) electrons. The van der Waals surface area contributed by atoms with Gasteiger partial charge >= 0.3 is 0 Å². The van der Waals surface area contributed by atoms with Gasteiger partial charge in [0.1, 0.15) is 0 Å². The molecule has 118 valence electrons. The Hall–Kier alpha value is -0.910. The predicted octanol–water partition coefficient (Wildman–Crippen LogP) is 1.15. The molecule has 3 rings (SSSR count). The fourth-order valence-corrected chi connectivity index (χ4v) is 3.69. The second-order valence-corrected chi connectivity index (χ2v) is 6.90. The van der Waals surface area contributed by atoms with Gasteiger partial charge in [-0.2, -0.15) is 5.10 Å². The fourth-order valence-electron chi connectivity index (χ4n) is 3.69. The normalized spacial score (nSPS) is 23.8. The summed E-state index contributed by atoms with van der Waals surface area (Å²) in [7, 11) is 1.97. The first-order valence-electron chi connectivity index (χ1n) is 8.20. The van der Waals surface area contributed by atoms with Crippen LogP contribution in [0.25, 0.3) is 0 Å². The van der Waals surface area contributed by atoms with Crippen LogP contribution in [0.5, 0.6) is 0 Å². The first kappa shape index (κ1) is 15.0. The van der Waals surface area contributed by atoms with Gasteiger partial charge in [0.15, 0.2) is 0 Å². The zero-order valence-corrected chi connectivity index (χ0v) is 13.4. The Morgan fingerprint density at radius 1 is 1.14 bits per heavy atom. The molecule has 0 amide bonds. The lowest BCUT2D eigenvalue weighted by Crippen LogP contribution is -2.50. The number of nitrogens with zero attached hydrogens (tertiary/aromatic N) is 4. The van der Waals surface area contributed by atoms with Crippen LogP contribution in [0.4, 0.5) is 0 Å². The van der Waals surface area contributed by atoms with Crippen molar-refractivity contribution in [1.29, 1.82) is 0 Å². The number of aliphatic hydroxyl groups is 1. The number of β-amino-alcohol motifs (C(OH)–C–C–N with tert-alkyl or cyclic N) is 1. The maximum atomic E-state index is 10.8. The number of aryl methyl sites for hydroxylation is 2.